The average molecular weight is 394 g/mol. The first-order valence-corrected chi connectivity index (χ1v) is 10.2. The zero-order valence-corrected chi connectivity index (χ0v) is 16.3. The third kappa shape index (κ3) is 4.27. The molecule has 29 heavy (non-hydrogen) atoms. The Kier molecular flexibility index (Phi) is 5.81. The van der Waals surface area contributed by atoms with Crippen LogP contribution in [-0.4, -0.2) is 54.9 Å². The van der Waals surface area contributed by atoms with Crippen LogP contribution >= 0.6 is 0 Å². The molecule has 2 aliphatic rings. The fourth-order valence-corrected chi connectivity index (χ4v) is 4.47. The van der Waals surface area contributed by atoms with E-state index in [0.717, 1.165) is 12.8 Å². The van der Waals surface area contributed by atoms with Gasteiger partial charge in [-0.05, 0) is 41.0 Å². The predicted octanol–water partition coefficient (Wildman–Crippen LogP) is 3.32. The van der Waals surface area contributed by atoms with Crippen molar-refractivity contribution in [3.63, 3.8) is 0 Å². The number of carbonyl (C=O) groups is 2. The van der Waals surface area contributed by atoms with Crippen LogP contribution in [0.5, 0.6) is 0 Å². The molecule has 0 bridgehead atoms. The summed E-state index contributed by atoms with van der Waals surface area (Å²) >= 11 is 0. The average Bonchev–Trinajstić information content (AvgIpc) is 3.06. The Morgan fingerprint density at radius 2 is 1.72 bits per heavy atom. The Balaban J connectivity index is 1.37. The molecule has 1 aliphatic carbocycles. The summed E-state index contributed by atoms with van der Waals surface area (Å²) in [5.74, 6) is -0.554. The van der Waals surface area contributed by atoms with Gasteiger partial charge in [0.15, 0.2) is 0 Å². The molecule has 4 rings (SSSR count). The number of carboxylic acids is 1. The summed E-state index contributed by atoms with van der Waals surface area (Å²) < 4.78 is 5.74. The van der Waals surface area contributed by atoms with Gasteiger partial charge in [0.05, 0.1) is 6.54 Å². The summed E-state index contributed by atoms with van der Waals surface area (Å²) in [6, 6.07) is 16.6. The summed E-state index contributed by atoms with van der Waals surface area (Å²) in [7, 11) is 0. The standard InChI is InChI=1S/C23H26N2O4/c26-22(27)13-24-12-16-6-5-11-25(14-16)23(28)29-15-21-19-9-3-1-7-17(19)18-8-2-4-10-20(18)21/h1-4,7-10,16,21,24H,5-6,11-15H2,(H,26,27). The highest BCUT2D eigenvalue weighted by molar-refractivity contribution is 5.79. The highest BCUT2D eigenvalue weighted by Crippen LogP contribution is 2.44. The van der Waals surface area contributed by atoms with Gasteiger partial charge in [-0.25, -0.2) is 4.79 Å². The first-order valence-electron chi connectivity index (χ1n) is 10.2. The lowest BCUT2D eigenvalue weighted by atomic mass is 9.98. The maximum absolute atomic E-state index is 12.7. The molecular weight excluding hydrogens is 368 g/mol. The lowest BCUT2D eigenvalue weighted by Gasteiger charge is -2.32. The van der Waals surface area contributed by atoms with E-state index in [4.69, 9.17) is 9.84 Å². The number of fused-ring (bicyclic) bond motifs is 3. The molecule has 2 N–H and O–H groups in total. The van der Waals surface area contributed by atoms with Crippen LogP contribution in [-0.2, 0) is 9.53 Å². The van der Waals surface area contributed by atoms with E-state index in [1.165, 1.54) is 22.3 Å². The fourth-order valence-electron chi connectivity index (χ4n) is 4.47. The van der Waals surface area contributed by atoms with Crippen molar-refractivity contribution in [3.8, 4) is 11.1 Å². The van der Waals surface area contributed by atoms with Crippen LogP contribution in [0.4, 0.5) is 4.79 Å². The molecular formula is C23H26N2O4. The number of nitrogens with one attached hydrogen (secondary N) is 1. The molecule has 0 aromatic heterocycles. The molecule has 6 nitrogen and oxygen atoms in total. The fraction of sp³-hybridized carbons (Fsp3) is 0.391. The zero-order chi connectivity index (χ0) is 20.2. The van der Waals surface area contributed by atoms with Gasteiger partial charge in [0.1, 0.15) is 6.61 Å². The molecule has 152 valence electrons. The Labute approximate surface area is 170 Å². The monoisotopic (exact) mass is 394 g/mol. The number of benzene rings is 2. The Bertz CT molecular complexity index is 852. The van der Waals surface area contributed by atoms with Gasteiger partial charge in [-0.1, -0.05) is 48.5 Å². The molecule has 1 unspecified atom stereocenters. The van der Waals surface area contributed by atoms with Gasteiger partial charge in [0, 0.05) is 25.6 Å². The lowest BCUT2D eigenvalue weighted by Crippen LogP contribution is -2.43. The summed E-state index contributed by atoms with van der Waals surface area (Å²) in [6.07, 6.45) is 1.61. The SMILES string of the molecule is O=C(O)CNCC1CCCN(C(=O)OCC2c3ccccc3-c3ccccc32)C1. The minimum Gasteiger partial charge on any atom is -0.480 e. The van der Waals surface area contributed by atoms with Crippen molar-refractivity contribution in [3.05, 3.63) is 59.7 Å². The molecule has 0 saturated carbocycles. The minimum atomic E-state index is -0.866. The summed E-state index contributed by atoms with van der Waals surface area (Å²) in [6.45, 7) is 2.15. The van der Waals surface area contributed by atoms with E-state index < -0.39 is 5.97 Å². The maximum atomic E-state index is 12.7. The number of aliphatic carboxylic acids is 1. The van der Waals surface area contributed by atoms with Crippen molar-refractivity contribution in [2.75, 3.05) is 32.8 Å². The quantitative estimate of drug-likeness (QED) is 0.786. The molecule has 1 amide bonds. The van der Waals surface area contributed by atoms with Crippen LogP contribution < -0.4 is 5.32 Å². The van der Waals surface area contributed by atoms with Gasteiger partial charge in [0.2, 0.25) is 0 Å². The van der Waals surface area contributed by atoms with Crippen molar-refractivity contribution in [2.45, 2.75) is 18.8 Å². The number of rotatable bonds is 6. The molecule has 2 aromatic carbocycles. The van der Waals surface area contributed by atoms with E-state index in [0.29, 0.717) is 26.2 Å². The van der Waals surface area contributed by atoms with Gasteiger partial charge in [0.25, 0.3) is 0 Å². The molecule has 1 saturated heterocycles. The first-order chi connectivity index (χ1) is 14.1. The summed E-state index contributed by atoms with van der Waals surface area (Å²) in [5.41, 5.74) is 4.84. The molecule has 1 fully saturated rings. The highest BCUT2D eigenvalue weighted by Gasteiger charge is 2.30. The smallest absolute Gasteiger partial charge is 0.409 e. The van der Waals surface area contributed by atoms with Crippen LogP contribution in [0.1, 0.15) is 29.9 Å². The number of amides is 1. The summed E-state index contributed by atoms with van der Waals surface area (Å²) in [4.78, 5) is 25.1. The lowest BCUT2D eigenvalue weighted by molar-refractivity contribution is -0.136. The van der Waals surface area contributed by atoms with Crippen LogP contribution in [0, 0.1) is 5.92 Å². The number of likely N-dealkylation sites (tertiary alicyclic amines) is 1. The predicted molar refractivity (Wildman–Crippen MR) is 110 cm³/mol. The van der Waals surface area contributed by atoms with E-state index in [1.54, 1.807) is 4.90 Å². The largest absolute Gasteiger partial charge is 0.480 e. The third-order valence-electron chi connectivity index (χ3n) is 5.82. The van der Waals surface area contributed by atoms with Crippen LogP contribution in [0.2, 0.25) is 0 Å². The number of carboxylic acid groups (broad SMARTS) is 1. The molecule has 2 aromatic rings. The van der Waals surface area contributed by atoms with E-state index >= 15 is 0 Å². The van der Waals surface area contributed by atoms with Gasteiger partial charge >= 0.3 is 12.1 Å². The van der Waals surface area contributed by atoms with E-state index in [9.17, 15) is 9.59 Å². The second-order valence-corrected chi connectivity index (χ2v) is 7.78. The zero-order valence-electron chi connectivity index (χ0n) is 16.3. The summed E-state index contributed by atoms with van der Waals surface area (Å²) in [5, 5.41) is 11.7. The normalized spacial score (nSPS) is 18.2. The number of carbonyl (C=O) groups excluding carboxylic acids is 1. The van der Waals surface area contributed by atoms with E-state index in [1.807, 2.05) is 24.3 Å². The molecule has 0 radical (unpaired) electrons. The minimum absolute atomic E-state index is 0.0541. The second kappa shape index (κ2) is 8.66. The number of piperidine rings is 1. The van der Waals surface area contributed by atoms with Gasteiger partial charge in [-0.3, -0.25) is 4.79 Å². The van der Waals surface area contributed by atoms with Crippen LogP contribution in [0.15, 0.2) is 48.5 Å². The van der Waals surface area contributed by atoms with E-state index in [-0.39, 0.29) is 24.5 Å². The van der Waals surface area contributed by atoms with Crippen molar-refractivity contribution in [2.24, 2.45) is 5.92 Å². The number of nitrogens with zero attached hydrogens (tertiary/aromatic N) is 1. The number of ether oxygens (including phenoxy) is 1. The Hall–Kier alpha value is -2.86. The molecule has 0 spiro atoms. The number of hydrogen-bond donors (Lipinski definition) is 2. The van der Waals surface area contributed by atoms with Crippen molar-refractivity contribution >= 4 is 12.1 Å². The maximum Gasteiger partial charge on any atom is 0.409 e. The van der Waals surface area contributed by atoms with Gasteiger partial charge < -0.3 is 20.1 Å². The van der Waals surface area contributed by atoms with Crippen molar-refractivity contribution in [1.82, 2.24) is 10.2 Å². The van der Waals surface area contributed by atoms with Gasteiger partial charge in [-0.2, -0.15) is 0 Å². The molecule has 1 atom stereocenters. The van der Waals surface area contributed by atoms with Crippen molar-refractivity contribution in [1.29, 1.82) is 0 Å². The molecule has 1 heterocycles. The van der Waals surface area contributed by atoms with Gasteiger partial charge in [-0.15, -0.1) is 0 Å². The van der Waals surface area contributed by atoms with Crippen LogP contribution in [0.3, 0.4) is 0 Å². The molecule has 1 aliphatic heterocycles. The first kappa shape index (κ1) is 19.5. The Morgan fingerprint density at radius 3 is 2.38 bits per heavy atom. The molecule has 6 heteroatoms. The van der Waals surface area contributed by atoms with Crippen molar-refractivity contribution < 1.29 is 19.4 Å². The number of hydrogen-bond acceptors (Lipinski definition) is 4. The third-order valence-corrected chi connectivity index (χ3v) is 5.82. The topological polar surface area (TPSA) is 78.9 Å². The van der Waals surface area contributed by atoms with Crippen LogP contribution in [0.25, 0.3) is 11.1 Å². The Morgan fingerprint density at radius 1 is 1.07 bits per heavy atom. The van der Waals surface area contributed by atoms with E-state index in [2.05, 4.69) is 29.6 Å². The second-order valence-electron chi connectivity index (χ2n) is 7.78. The highest BCUT2D eigenvalue weighted by atomic mass is 16.6.